The normalized spacial score (nSPS) is 12.1. The molecule has 1 aliphatic heterocycles. The van der Waals surface area contributed by atoms with Crippen molar-refractivity contribution < 1.29 is 19.1 Å². The van der Waals surface area contributed by atoms with Crippen molar-refractivity contribution in [1.29, 1.82) is 0 Å². The first kappa shape index (κ1) is 19.3. The van der Waals surface area contributed by atoms with Crippen LogP contribution in [0.5, 0.6) is 11.5 Å². The van der Waals surface area contributed by atoms with E-state index in [9.17, 15) is 9.59 Å². The van der Waals surface area contributed by atoms with Crippen LogP contribution in [-0.4, -0.2) is 43.6 Å². The number of ether oxygens (including phenoxy) is 2. The van der Waals surface area contributed by atoms with Gasteiger partial charge < -0.3 is 20.1 Å². The standard InChI is InChI=1S/C18H17Cl2N3O4/c1-23(9-17(25)22-18-12(19)3-2-4-13(18)20)8-16(24)21-11-5-6-14-15(7-11)27-10-26-14/h2-7H,8-10H2,1H3,(H,21,24)(H,22,25). The summed E-state index contributed by atoms with van der Waals surface area (Å²) in [6, 6.07) is 10.1. The van der Waals surface area contributed by atoms with Crippen LogP contribution in [0.4, 0.5) is 11.4 Å². The van der Waals surface area contributed by atoms with Crippen molar-refractivity contribution in [3.8, 4) is 11.5 Å². The summed E-state index contributed by atoms with van der Waals surface area (Å²) in [6.07, 6.45) is 0. The van der Waals surface area contributed by atoms with E-state index < -0.39 is 0 Å². The third kappa shape index (κ3) is 5.03. The van der Waals surface area contributed by atoms with Crippen LogP contribution in [0, 0.1) is 0 Å². The number of nitrogens with one attached hydrogen (secondary N) is 2. The molecular weight excluding hydrogens is 393 g/mol. The van der Waals surface area contributed by atoms with Gasteiger partial charge in [-0.2, -0.15) is 0 Å². The van der Waals surface area contributed by atoms with Gasteiger partial charge in [0.1, 0.15) is 0 Å². The highest BCUT2D eigenvalue weighted by molar-refractivity contribution is 6.39. The van der Waals surface area contributed by atoms with Gasteiger partial charge in [0.2, 0.25) is 18.6 Å². The van der Waals surface area contributed by atoms with Gasteiger partial charge in [0.25, 0.3) is 0 Å². The Morgan fingerprint density at radius 3 is 2.33 bits per heavy atom. The molecule has 2 aromatic carbocycles. The number of hydrogen-bond donors (Lipinski definition) is 2. The quantitative estimate of drug-likeness (QED) is 0.765. The second kappa shape index (κ2) is 8.47. The number of rotatable bonds is 6. The zero-order chi connectivity index (χ0) is 19.4. The highest BCUT2D eigenvalue weighted by atomic mass is 35.5. The maximum absolute atomic E-state index is 12.2. The molecule has 0 aromatic heterocycles. The average molecular weight is 410 g/mol. The molecule has 0 saturated carbocycles. The third-order valence-corrected chi connectivity index (χ3v) is 4.34. The maximum atomic E-state index is 12.2. The van der Waals surface area contributed by atoms with Crippen molar-refractivity contribution in [2.45, 2.75) is 0 Å². The Kier molecular flexibility index (Phi) is 6.05. The van der Waals surface area contributed by atoms with Crippen LogP contribution in [0.25, 0.3) is 0 Å². The van der Waals surface area contributed by atoms with Crippen molar-refractivity contribution in [3.63, 3.8) is 0 Å². The van der Waals surface area contributed by atoms with Crippen molar-refractivity contribution in [2.24, 2.45) is 0 Å². The lowest BCUT2D eigenvalue weighted by atomic mass is 10.2. The second-order valence-electron chi connectivity index (χ2n) is 5.93. The first-order valence-corrected chi connectivity index (χ1v) is 8.80. The van der Waals surface area contributed by atoms with Crippen LogP contribution in [0.1, 0.15) is 0 Å². The Hall–Kier alpha value is -2.48. The van der Waals surface area contributed by atoms with Gasteiger partial charge in [-0.25, -0.2) is 0 Å². The van der Waals surface area contributed by atoms with E-state index in [1.807, 2.05) is 0 Å². The van der Waals surface area contributed by atoms with Gasteiger partial charge in [0, 0.05) is 11.8 Å². The molecule has 7 nitrogen and oxygen atoms in total. The minimum absolute atomic E-state index is 0.00386. The number of fused-ring (bicyclic) bond motifs is 1. The molecule has 0 fully saturated rings. The first-order valence-electron chi connectivity index (χ1n) is 8.04. The molecular formula is C18H17Cl2N3O4. The minimum Gasteiger partial charge on any atom is -0.454 e. The Balaban J connectivity index is 1.50. The van der Waals surface area contributed by atoms with Crippen molar-refractivity contribution >= 4 is 46.4 Å². The Labute approximate surface area is 166 Å². The van der Waals surface area contributed by atoms with Crippen molar-refractivity contribution in [2.75, 3.05) is 37.6 Å². The van der Waals surface area contributed by atoms with Gasteiger partial charge in [0.05, 0.1) is 28.8 Å². The summed E-state index contributed by atoms with van der Waals surface area (Å²) in [5.74, 6) is 0.625. The second-order valence-corrected chi connectivity index (χ2v) is 6.75. The molecule has 2 aromatic rings. The van der Waals surface area contributed by atoms with E-state index in [1.165, 1.54) is 0 Å². The van der Waals surface area contributed by atoms with E-state index in [0.29, 0.717) is 32.9 Å². The molecule has 27 heavy (non-hydrogen) atoms. The van der Waals surface area contributed by atoms with E-state index in [2.05, 4.69) is 10.6 Å². The van der Waals surface area contributed by atoms with Gasteiger partial charge in [-0.1, -0.05) is 29.3 Å². The molecule has 0 atom stereocenters. The molecule has 0 saturated heterocycles. The van der Waals surface area contributed by atoms with Gasteiger partial charge in [-0.3, -0.25) is 14.5 Å². The number of benzene rings is 2. The summed E-state index contributed by atoms with van der Waals surface area (Å²) in [5, 5.41) is 6.10. The smallest absolute Gasteiger partial charge is 0.238 e. The van der Waals surface area contributed by atoms with Gasteiger partial charge in [-0.05, 0) is 31.3 Å². The molecule has 1 aliphatic rings. The number of carbonyl (C=O) groups is 2. The molecule has 3 rings (SSSR count). The summed E-state index contributed by atoms with van der Waals surface area (Å²) in [5.41, 5.74) is 0.939. The largest absolute Gasteiger partial charge is 0.454 e. The summed E-state index contributed by atoms with van der Waals surface area (Å²) in [7, 11) is 1.66. The predicted molar refractivity (Wildman–Crippen MR) is 104 cm³/mol. The fourth-order valence-corrected chi connectivity index (χ4v) is 3.01. The molecule has 0 radical (unpaired) electrons. The molecule has 2 N–H and O–H groups in total. The molecule has 0 aliphatic carbocycles. The lowest BCUT2D eigenvalue weighted by Gasteiger charge is -2.17. The maximum Gasteiger partial charge on any atom is 0.238 e. The Morgan fingerprint density at radius 1 is 1.00 bits per heavy atom. The number of halogens is 2. The van der Waals surface area contributed by atoms with Crippen LogP contribution in [0.3, 0.4) is 0 Å². The van der Waals surface area contributed by atoms with Crippen LogP contribution >= 0.6 is 23.2 Å². The fraction of sp³-hybridized carbons (Fsp3) is 0.222. The van der Waals surface area contributed by atoms with E-state index >= 15 is 0 Å². The van der Waals surface area contributed by atoms with Gasteiger partial charge in [-0.15, -0.1) is 0 Å². The van der Waals surface area contributed by atoms with E-state index in [4.69, 9.17) is 32.7 Å². The molecule has 1 heterocycles. The summed E-state index contributed by atoms with van der Waals surface area (Å²) in [4.78, 5) is 25.9. The van der Waals surface area contributed by atoms with Crippen molar-refractivity contribution in [3.05, 3.63) is 46.4 Å². The van der Waals surface area contributed by atoms with E-state index in [0.717, 1.165) is 0 Å². The minimum atomic E-state index is -0.330. The highest BCUT2D eigenvalue weighted by Crippen LogP contribution is 2.34. The average Bonchev–Trinajstić information content (AvgIpc) is 3.05. The highest BCUT2D eigenvalue weighted by Gasteiger charge is 2.16. The van der Waals surface area contributed by atoms with Crippen LogP contribution in [-0.2, 0) is 9.59 Å². The number of amides is 2. The Bertz CT molecular complexity index is 855. The molecule has 142 valence electrons. The molecule has 2 amide bonds. The van der Waals surface area contributed by atoms with Gasteiger partial charge >= 0.3 is 0 Å². The lowest BCUT2D eigenvalue weighted by Crippen LogP contribution is -2.36. The zero-order valence-corrected chi connectivity index (χ0v) is 15.9. The molecule has 0 bridgehead atoms. The predicted octanol–water partition coefficient (Wildman–Crippen LogP) is 3.23. The van der Waals surface area contributed by atoms with E-state index in [1.54, 1.807) is 48.3 Å². The van der Waals surface area contributed by atoms with Crippen LogP contribution in [0.2, 0.25) is 10.0 Å². The number of hydrogen-bond acceptors (Lipinski definition) is 5. The fourth-order valence-electron chi connectivity index (χ4n) is 2.52. The summed E-state index contributed by atoms with van der Waals surface area (Å²) in [6.45, 7) is 0.189. The van der Waals surface area contributed by atoms with Crippen LogP contribution in [0.15, 0.2) is 36.4 Å². The number of anilines is 2. The Morgan fingerprint density at radius 2 is 1.63 bits per heavy atom. The molecule has 0 spiro atoms. The topological polar surface area (TPSA) is 79.9 Å². The van der Waals surface area contributed by atoms with E-state index in [-0.39, 0.29) is 31.7 Å². The number of likely N-dealkylation sites (N-methyl/N-ethyl adjacent to an activating group) is 1. The lowest BCUT2D eigenvalue weighted by molar-refractivity contribution is -0.119. The third-order valence-electron chi connectivity index (χ3n) is 3.71. The molecule has 0 unspecified atom stereocenters. The van der Waals surface area contributed by atoms with Crippen LogP contribution < -0.4 is 20.1 Å². The number of carbonyl (C=O) groups excluding carboxylic acids is 2. The SMILES string of the molecule is CN(CC(=O)Nc1ccc2c(c1)OCO2)CC(=O)Nc1c(Cl)cccc1Cl. The number of para-hydroxylation sites is 1. The monoisotopic (exact) mass is 409 g/mol. The zero-order valence-electron chi connectivity index (χ0n) is 14.4. The summed E-state index contributed by atoms with van der Waals surface area (Å²) >= 11 is 12.1. The first-order chi connectivity index (χ1) is 12.9. The van der Waals surface area contributed by atoms with Crippen molar-refractivity contribution in [1.82, 2.24) is 4.90 Å². The summed E-state index contributed by atoms with van der Waals surface area (Å²) < 4.78 is 10.5. The number of nitrogens with zero attached hydrogens (tertiary/aromatic N) is 1. The van der Waals surface area contributed by atoms with Gasteiger partial charge in [0.15, 0.2) is 11.5 Å². The molecule has 9 heteroatoms.